The molecule has 0 amide bonds. The van der Waals surface area contributed by atoms with E-state index in [1.54, 1.807) is 0 Å². The SMILES string of the molecule is CN(CC1CCC1)C1(CN)CCOC(C)(C)C1. The molecule has 2 aliphatic rings. The molecule has 3 nitrogen and oxygen atoms in total. The molecule has 3 heteroatoms. The zero-order chi connectivity index (χ0) is 12.5. The lowest BCUT2D eigenvalue weighted by Crippen LogP contribution is -2.60. The molecule has 0 aromatic carbocycles. The van der Waals surface area contributed by atoms with Crippen molar-refractivity contribution in [3.05, 3.63) is 0 Å². The molecule has 2 fully saturated rings. The van der Waals surface area contributed by atoms with Crippen LogP contribution in [0.3, 0.4) is 0 Å². The molecular weight excluding hydrogens is 212 g/mol. The molecule has 17 heavy (non-hydrogen) atoms. The second-order valence-electron chi connectivity index (χ2n) is 6.64. The van der Waals surface area contributed by atoms with Crippen molar-refractivity contribution in [3.8, 4) is 0 Å². The molecule has 1 heterocycles. The normalized spacial score (nSPS) is 33.7. The van der Waals surface area contributed by atoms with Crippen LogP contribution in [0, 0.1) is 5.92 Å². The van der Waals surface area contributed by atoms with Gasteiger partial charge in [-0.1, -0.05) is 6.42 Å². The Hall–Kier alpha value is -0.120. The summed E-state index contributed by atoms with van der Waals surface area (Å²) < 4.78 is 5.84. The molecule has 100 valence electrons. The Kier molecular flexibility index (Phi) is 3.81. The van der Waals surface area contributed by atoms with Crippen molar-refractivity contribution in [1.29, 1.82) is 0 Å². The third-order valence-corrected chi connectivity index (χ3v) is 4.76. The Morgan fingerprint density at radius 1 is 1.35 bits per heavy atom. The van der Waals surface area contributed by atoms with Crippen LogP contribution in [0.15, 0.2) is 0 Å². The summed E-state index contributed by atoms with van der Waals surface area (Å²) in [7, 11) is 2.26. The highest BCUT2D eigenvalue weighted by molar-refractivity contribution is 4.99. The van der Waals surface area contributed by atoms with Gasteiger partial charge in [0.15, 0.2) is 0 Å². The lowest BCUT2D eigenvalue weighted by Gasteiger charge is -2.50. The summed E-state index contributed by atoms with van der Waals surface area (Å²) in [6, 6.07) is 0. The molecule has 0 bridgehead atoms. The number of nitrogens with zero attached hydrogens (tertiary/aromatic N) is 1. The predicted octanol–water partition coefficient (Wildman–Crippen LogP) is 2.00. The Morgan fingerprint density at radius 3 is 2.53 bits per heavy atom. The van der Waals surface area contributed by atoms with Gasteiger partial charge in [0.1, 0.15) is 0 Å². The van der Waals surface area contributed by atoms with E-state index >= 15 is 0 Å². The maximum absolute atomic E-state index is 6.10. The molecular formula is C14H28N2O. The van der Waals surface area contributed by atoms with Crippen LogP contribution in [0.1, 0.15) is 46.0 Å². The lowest BCUT2D eigenvalue weighted by atomic mass is 9.78. The van der Waals surface area contributed by atoms with Crippen LogP contribution in [0.4, 0.5) is 0 Å². The van der Waals surface area contributed by atoms with E-state index in [0.29, 0.717) is 0 Å². The molecule has 0 aromatic heterocycles. The second kappa shape index (κ2) is 4.87. The van der Waals surface area contributed by atoms with Gasteiger partial charge in [0.25, 0.3) is 0 Å². The van der Waals surface area contributed by atoms with Crippen LogP contribution in [0.25, 0.3) is 0 Å². The Bertz CT molecular complexity index is 263. The van der Waals surface area contributed by atoms with E-state index in [-0.39, 0.29) is 11.1 Å². The number of likely N-dealkylation sites (N-methyl/N-ethyl adjacent to an activating group) is 1. The average molecular weight is 240 g/mol. The summed E-state index contributed by atoms with van der Waals surface area (Å²) in [4.78, 5) is 2.53. The van der Waals surface area contributed by atoms with Crippen molar-refractivity contribution in [2.75, 3.05) is 26.7 Å². The fourth-order valence-electron chi connectivity index (χ4n) is 3.36. The molecule has 1 unspecified atom stereocenters. The van der Waals surface area contributed by atoms with Crippen LogP contribution in [0.2, 0.25) is 0 Å². The van der Waals surface area contributed by atoms with Crippen molar-refractivity contribution in [3.63, 3.8) is 0 Å². The molecule has 0 radical (unpaired) electrons. The molecule has 2 rings (SSSR count). The fourth-order valence-corrected chi connectivity index (χ4v) is 3.36. The molecule has 1 aliphatic heterocycles. The second-order valence-corrected chi connectivity index (χ2v) is 6.64. The largest absolute Gasteiger partial charge is 0.375 e. The quantitative estimate of drug-likeness (QED) is 0.817. The van der Waals surface area contributed by atoms with Gasteiger partial charge in [-0.05, 0) is 52.5 Å². The summed E-state index contributed by atoms with van der Waals surface area (Å²) in [6.07, 6.45) is 6.37. The number of nitrogens with two attached hydrogens (primary N) is 1. The molecule has 0 spiro atoms. The molecule has 1 atom stereocenters. The van der Waals surface area contributed by atoms with Gasteiger partial charge < -0.3 is 10.5 Å². The summed E-state index contributed by atoms with van der Waals surface area (Å²) in [5, 5.41) is 0. The minimum absolute atomic E-state index is 0.0223. The van der Waals surface area contributed by atoms with Crippen LogP contribution >= 0.6 is 0 Å². The Balaban J connectivity index is 2.01. The van der Waals surface area contributed by atoms with E-state index < -0.39 is 0 Å². The van der Waals surface area contributed by atoms with Gasteiger partial charge in [-0.15, -0.1) is 0 Å². The van der Waals surface area contributed by atoms with Gasteiger partial charge >= 0.3 is 0 Å². The van der Waals surface area contributed by atoms with Gasteiger partial charge in [0.2, 0.25) is 0 Å². The third-order valence-electron chi connectivity index (χ3n) is 4.76. The van der Waals surface area contributed by atoms with Crippen molar-refractivity contribution < 1.29 is 4.74 Å². The molecule has 2 N–H and O–H groups in total. The van der Waals surface area contributed by atoms with Crippen molar-refractivity contribution in [2.45, 2.75) is 57.1 Å². The standard InChI is InChI=1S/C14H28N2O/c1-13(2)10-14(11-15,7-8-17-13)16(3)9-12-5-4-6-12/h12H,4-11,15H2,1-3H3. The molecule has 0 aromatic rings. The Labute approximate surface area is 106 Å². The van der Waals surface area contributed by atoms with E-state index in [4.69, 9.17) is 10.5 Å². The van der Waals surface area contributed by atoms with Gasteiger partial charge in [0, 0.05) is 25.2 Å². The maximum atomic E-state index is 6.10. The Morgan fingerprint density at radius 2 is 2.06 bits per heavy atom. The van der Waals surface area contributed by atoms with Crippen molar-refractivity contribution in [2.24, 2.45) is 11.7 Å². The summed E-state index contributed by atoms with van der Waals surface area (Å²) in [5.74, 6) is 0.911. The minimum atomic E-state index is -0.0223. The van der Waals surface area contributed by atoms with Crippen LogP contribution in [0.5, 0.6) is 0 Å². The zero-order valence-corrected chi connectivity index (χ0v) is 11.7. The van der Waals surface area contributed by atoms with E-state index in [0.717, 1.165) is 31.9 Å². The van der Waals surface area contributed by atoms with Crippen LogP contribution < -0.4 is 5.73 Å². The first-order valence-electron chi connectivity index (χ1n) is 7.03. The lowest BCUT2D eigenvalue weighted by molar-refractivity contribution is -0.116. The predicted molar refractivity (Wildman–Crippen MR) is 71.0 cm³/mol. The van der Waals surface area contributed by atoms with Gasteiger partial charge in [0.05, 0.1) is 5.60 Å². The van der Waals surface area contributed by atoms with E-state index in [1.165, 1.54) is 25.8 Å². The highest BCUT2D eigenvalue weighted by Gasteiger charge is 2.43. The monoisotopic (exact) mass is 240 g/mol. The summed E-state index contributed by atoms with van der Waals surface area (Å²) >= 11 is 0. The topological polar surface area (TPSA) is 38.5 Å². The number of hydrogen-bond donors (Lipinski definition) is 1. The summed E-state index contributed by atoms with van der Waals surface area (Å²) in [5.41, 5.74) is 6.24. The van der Waals surface area contributed by atoms with E-state index in [9.17, 15) is 0 Å². The van der Waals surface area contributed by atoms with Crippen LogP contribution in [-0.2, 0) is 4.74 Å². The van der Waals surface area contributed by atoms with Crippen molar-refractivity contribution in [1.82, 2.24) is 4.90 Å². The number of ether oxygens (including phenoxy) is 1. The zero-order valence-electron chi connectivity index (χ0n) is 11.7. The minimum Gasteiger partial charge on any atom is -0.375 e. The smallest absolute Gasteiger partial charge is 0.0644 e. The molecule has 1 saturated carbocycles. The highest BCUT2D eigenvalue weighted by atomic mass is 16.5. The third kappa shape index (κ3) is 2.83. The van der Waals surface area contributed by atoms with Gasteiger partial charge in [-0.2, -0.15) is 0 Å². The average Bonchev–Trinajstić information content (AvgIpc) is 2.21. The van der Waals surface area contributed by atoms with Gasteiger partial charge in [-0.25, -0.2) is 0 Å². The fraction of sp³-hybridized carbons (Fsp3) is 1.00. The number of hydrogen-bond acceptors (Lipinski definition) is 3. The highest BCUT2D eigenvalue weighted by Crippen LogP contribution is 2.37. The molecule has 1 saturated heterocycles. The first kappa shape index (κ1) is 13.3. The first-order valence-corrected chi connectivity index (χ1v) is 7.03. The molecule has 1 aliphatic carbocycles. The van der Waals surface area contributed by atoms with E-state index in [2.05, 4.69) is 25.8 Å². The summed E-state index contributed by atoms with van der Waals surface area (Å²) in [6.45, 7) is 7.19. The van der Waals surface area contributed by atoms with Crippen LogP contribution in [-0.4, -0.2) is 42.8 Å². The first-order chi connectivity index (χ1) is 7.97. The van der Waals surface area contributed by atoms with Gasteiger partial charge in [-0.3, -0.25) is 4.90 Å². The van der Waals surface area contributed by atoms with Crippen molar-refractivity contribution >= 4 is 0 Å². The van der Waals surface area contributed by atoms with E-state index in [1.807, 2.05) is 0 Å². The number of rotatable bonds is 4. The maximum Gasteiger partial charge on any atom is 0.0644 e.